The van der Waals surface area contributed by atoms with Gasteiger partial charge in [-0.2, -0.15) is 38.1 Å². The van der Waals surface area contributed by atoms with Gasteiger partial charge < -0.3 is 9.80 Å². The zero-order valence-electron chi connectivity index (χ0n) is 21.6. The van der Waals surface area contributed by atoms with E-state index in [4.69, 9.17) is 0 Å². The molecule has 2 aliphatic rings. The Morgan fingerprint density at radius 3 is 2.15 bits per heavy atom. The standard InChI is InChI=1S/C27H30F7N3OS/c1-17-11-21(28)3-4-23(17)24-15-22(36-7-9-39-10-8-36)5-6-37(24)25(38)35(2)16-18-12-19(26(29,30)31)14-20(13-18)27(32,33)34/h3-4,11-14,22,24H,5-10,15-16H2,1-2H3/t22-,24+/m0/s1. The van der Waals surface area contributed by atoms with Gasteiger partial charge in [0.05, 0.1) is 17.2 Å². The molecule has 12 heteroatoms. The van der Waals surface area contributed by atoms with Crippen LogP contribution in [0.4, 0.5) is 35.5 Å². The van der Waals surface area contributed by atoms with Gasteiger partial charge in [0.15, 0.2) is 0 Å². The van der Waals surface area contributed by atoms with Gasteiger partial charge in [0, 0.05) is 50.8 Å². The third-order valence-electron chi connectivity index (χ3n) is 7.37. The highest BCUT2D eigenvalue weighted by Crippen LogP contribution is 2.38. The van der Waals surface area contributed by atoms with Gasteiger partial charge in [-0.15, -0.1) is 0 Å². The number of alkyl halides is 6. The van der Waals surface area contributed by atoms with Gasteiger partial charge in [-0.05, 0) is 66.8 Å². The summed E-state index contributed by atoms with van der Waals surface area (Å²) in [6.07, 6.45) is -8.67. The highest BCUT2D eigenvalue weighted by molar-refractivity contribution is 7.99. The van der Waals surface area contributed by atoms with Crippen LogP contribution in [0.3, 0.4) is 0 Å². The molecule has 2 aliphatic heterocycles. The van der Waals surface area contributed by atoms with E-state index in [1.54, 1.807) is 17.9 Å². The summed E-state index contributed by atoms with van der Waals surface area (Å²) in [6.45, 7) is 3.53. The molecule has 2 aromatic rings. The third kappa shape index (κ3) is 7.00. The number of thioether (sulfide) groups is 1. The minimum Gasteiger partial charge on any atom is -0.323 e. The van der Waals surface area contributed by atoms with Crippen LogP contribution in [0.5, 0.6) is 0 Å². The Morgan fingerprint density at radius 2 is 1.59 bits per heavy atom. The highest BCUT2D eigenvalue weighted by Gasteiger charge is 2.39. The number of halogens is 7. The maximum absolute atomic E-state index is 13.9. The van der Waals surface area contributed by atoms with Crippen molar-refractivity contribution in [3.8, 4) is 0 Å². The number of nitrogens with zero attached hydrogens (tertiary/aromatic N) is 3. The monoisotopic (exact) mass is 577 g/mol. The molecule has 214 valence electrons. The fraction of sp³-hybridized carbons (Fsp3) is 0.519. The van der Waals surface area contributed by atoms with Gasteiger partial charge in [0.2, 0.25) is 0 Å². The fourth-order valence-corrected chi connectivity index (χ4v) is 6.36. The summed E-state index contributed by atoms with van der Waals surface area (Å²) >= 11 is 1.88. The molecule has 0 N–H and O–H groups in total. The molecule has 0 spiro atoms. The maximum atomic E-state index is 13.9. The average Bonchev–Trinajstić information content (AvgIpc) is 2.87. The number of amides is 2. The Balaban J connectivity index is 1.60. The lowest BCUT2D eigenvalue weighted by atomic mass is 9.88. The molecule has 2 saturated heterocycles. The molecule has 2 heterocycles. The molecule has 0 aromatic heterocycles. The molecule has 0 radical (unpaired) electrons. The smallest absolute Gasteiger partial charge is 0.323 e. The van der Waals surface area contributed by atoms with E-state index in [1.807, 2.05) is 11.8 Å². The number of piperidine rings is 1. The first-order valence-electron chi connectivity index (χ1n) is 12.6. The zero-order valence-corrected chi connectivity index (χ0v) is 22.4. The molecule has 2 aromatic carbocycles. The van der Waals surface area contributed by atoms with E-state index in [1.165, 1.54) is 19.2 Å². The van der Waals surface area contributed by atoms with Crippen LogP contribution in [0.15, 0.2) is 36.4 Å². The zero-order chi connectivity index (χ0) is 28.5. The number of hydrogen-bond donors (Lipinski definition) is 0. The van der Waals surface area contributed by atoms with Crippen LogP contribution in [-0.4, -0.2) is 65.0 Å². The lowest BCUT2D eigenvalue weighted by Crippen LogP contribution is -2.52. The van der Waals surface area contributed by atoms with Crippen molar-refractivity contribution in [3.05, 3.63) is 70.0 Å². The maximum Gasteiger partial charge on any atom is 0.416 e. The molecular formula is C27H30F7N3OS. The molecule has 0 unspecified atom stereocenters. The number of benzene rings is 2. The quantitative estimate of drug-likeness (QED) is 0.367. The van der Waals surface area contributed by atoms with E-state index in [0.29, 0.717) is 37.1 Å². The number of rotatable bonds is 4. The molecular weight excluding hydrogens is 547 g/mol. The van der Waals surface area contributed by atoms with Crippen molar-refractivity contribution in [2.75, 3.05) is 38.2 Å². The Hall–Kier alpha value is -2.47. The highest BCUT2D eigenvalue weighted by atomic mass is 32.2. The molecule has 2 fully saturated rings. The minimum absolute atomic E-state index is 0.0720. The summed E-state index contributed by atoms with van der Waals surface area (Å²) in [5, 5.41) is 0. The van der Waals surface area contributed by atoms with E-state index in [0.717, 1.165) is 35.1 Å². The number of carbonyl (C=O) groups is 1. The predicted octanol–water partition coefficient (Wildman–Crippen LogP) is 6.98. The molecule has 2 amide bonds. The van der Waals surface area contributed by atoms with Crippen molar-refractivity contribution >= 4 is 17.8 Å². The van der Waals surface area contributed by atoms with Crippen LogP contribution < -0.4 is 0 Å². The summed E-state index contributed by atoms with van der Waals surface area (Å²) in [6, 6.07) is 5.00. The molecule has 4 rings (SSSR count). The van der Waals surface area contributed by atoms with Gasteiger partial charge in [-0.3, -0.25) is 4.90 Å². The van der Waals surface area contributed by atoms with Crippen LogP contribution in [-0.2, 0) is 18.9 Å². The van der Waals surface area contributed by atoms with Crippen LogP contribution in [0.25, 0.3) is 0 Å². The van der Waals surface area contributed by atoms with E-state index < -0.39 is 47.9 Å². The van der Waals surface area contributed by atoms with Gasteiger partial charge in [0.1, 0.15) is 5.82 Å². The molecule has 0 saturated carbocycles. The van der Waals surface area contributed by atoms with Crippen molar-refractivity contribution in [2.24, 2.45) is 0 Å². The summed E-state index contributed by atoms with van der Waals surface area (Å²) in [5.74, 6) is 1.62. The Labute approximate surface area is 227 Å². The first-order valence-corrected chi connectivity index (χ1v) is 13.8. The van der Waals surface area contributed by atoms with E-state index >= 15 is 0 Å². The third-order valence-corrected chi connectivity index (χ3v) is 8.31. The Kier molecular flexibility index (Phi) is 8.75. The summed E-state index contributed by atoms with van der Waals surface area (Å²) in [5.41, 5.74) is -1.68. The second kappa shape index (κ2) is 11.6. The Morgan fingerprint density at radius 1 is 0.974 bits per heavy atom. The van der Waals surface area contributed by atoms with E-state index in [2.05, 4.69) is 4.90 Å². The number of urea groups is 1. The molecule has 2 atom stereocenters. The number of hydrogen-bond acceptors (Lipinski definition) is 3. The van der Waals surface area contributed by atoms with Crippen LogP contribution in [0.2, 0.25) is 0 Å². The first kappa shape index (κ1) is 29.5. The lowest BCUT2D eigenvalue weighted by Gasteiger charge is -2.46. The van der Waals surface area contributed by atoms with Crippen LogP contribution in [0, 0.1) is 12.7 Å². The van der Waals surface area contributed by atoms with E-state index in [-0.39, 0.29) is 17.7 Å². The van der Waals surface area contributed by atoms with Crippen molar-refractivity contribution in [2.45, 2.75) is 50.7 Å². The second-order valence-corrected chi connectivity index (χ2v) is 11.3. The largest absolute Gasteiger partial charge is 0.416 e. The molecule has 0 aliphatic carbocycles. The van der Waals surface area contributed by atoms with Crippen molar-refractivity contribution in [1.29, 1.82) is 0 Å². The van der Waals surface area contributed by atoms with Gasteiger partial charge in [-0.25, -0.2) is 9.18 Å². The molecule has 4 nitrogen and oxygen atoms in total. The van der Waals surface area contributed by atoms with E-state index in [9.17, 15) is 35.5 Å². The van der Waals surface area contributed by atoms with Gasteiger partial charge in [0.25, 0.3) is 0 Å². The normalized spacial score (nSPS) is 21.2. The van der Waals surface area contributed by atoms with Gasteiger partial charge in [-0.1, -0.05) is 6.07 Å². The number of aryl methyl sites for hydroxylation is 1. The Bertz CT molecular complexity index is 1150. The second-order valence-electron chi connectivity index (χ2n) is 10.1. The SMILES string of the molecule is Cc1cc(F)ccc1[C@H]1C[C@@H](N2CCSCC2)CCN1C(=O)N(C)Cc1cc(C(F)(F)F)cc(C(F)(F)F)c1. The van der Waals surface area contributed by atoms with Gasteiger partial charge >= 0.3 is 18.4 Å². The first-order chi connectivity index (χ1) is 18.2. The fourth-order valence-electron chi connectivity index (χ4n) is 5.43. The molecule has 0 bridgehead atoms. The summed E-state index contributed by atoms with van der Waals surface area (Å²) < 4.78 is 93.9. The summed E-state index contributed by atoms with van der Waals surface area (Å²) in [7, 11) is 1.36. The predicted molar refractivity (Wildman–Crippen MR) is 136 cm³/mol. The number of carbonyl (C=O) groups excluding carboxylic acids is 1. The topological polar surface area (TPSA) is 26.8 Å². The molecule has 39 heavy (non-hydrogen) atoms. The lowest BCUT2D eigenvalue weighted by molar-refractivity contribution is -0.143. The minimum atomic E-state index is -4.97. The number of likely N-dealkylation sites (tertiary alicyclic amines) is 1. The van der Waals surface area contributed by atoms with Crippen LogP contribution >= 0.6 is 11.8 Å². The van der Waals surface area contributed by atoms with Crippen molar-refractivity contribution < 1.29 is 35.5 Å². The van der Waals surface area contributed by atoms with Crippen molar-refractivity contribution in [3.63, 3.8) is 0 Å². The van der Waals surface area contributed by atoms with Crippen LogP contribution in [0.1, 0.15) is 46.7 Å². The average molecular weight is 578 g/mol. The summed E-state index contributed by atoms with van der Waals surface area (Å²) in [4.78, 5) is 18.8. The van der Waals surface area contributed by atoms with Crippen molar-refractivity contribution in [1.82, 2.24) is 14.7 Å².